The number of pyridine rings is 1. The predicted molar refractivity (Wildman–Crippen MR) is 105 cm³/mol. The molecule has 4 aromatic rings. The van der Waals surface area contributed by atoms with Gasteiger partial charge in [-0.25, -0.2) is 13.8 Å². The first-order valence-corrected chi connectivity index (χ1v) is 8.87. The molecule has 0 radical (unpaired) electrons. The summed E-state index contributed by atoms with van der Waals surface area (Å²) in [6.07, 6.45) is 4.92. The molecule has 0 fully saturated rings. The number of hydrogen-bond acceptors (Lipinski definition) is 4. The number of hydrogen-bond donors (Lipinski definition) is 2. The van der Waals surface area contributed by atoms with E-state index in [0.29, 0.717) is 23.2 Å². The standard InChI is InChI=1S/C20H16F2N6O2/c1-11-7-18(27(2)26-11)25-20(30)13-9-16(15(22)10-14(13)21)24-19(29)12-3-5-28-6-4-23-17(28)8-12/h3-10H,1-2H3,(H,24,29)(H,25,30). The second-order valence-electron chi connectivity index (χ2n) is 6.62. The summed E-state index contributed by atoms with van der Waals surface area (Å²) in [5, 5.41) is 8.97. The first-order chi connectivity index (χ1) is 14.3. The van der Waals surface area contributed by atoms with Crippen molar-refractivity contribution < 1.29 is 18.4 Å². The highest BCUT2D eigenvalue weighted by atomic mass is 19.1. The summed E-state index contributed by atoms with van der Waals surface area (Å²) in [5.41, 5.74) is 0.683. The SMILES string of the molecule is Cc1cc(NC(=O)c2cc(NC(=O)c3ccn4ccnc4c3)c(F)cc2F)n(C)n1. The van der Waals surface area contributed by atoms with E-state index in [9.17, 15) is 18.4 Å². The largest absolute Gasteiger partial charge is 0.319 e. The molecule has 0 unspecified atom stereocenters. The number of carbonyl (C=O) groups is 2. The Bertz CT molecular complexity index is 1290. The van der Waals surface area contributed by atoms with Crippen LogP contribution in [0.5, 0.6) is 0 Å². The Morgan fingerprint density at radius 1 is 1.00 bits per heavy atom. The maximum atomic E-state index is 14.3. The second-order valence-corrected chi connectivity index (χ2v) is 6.62. The molecule has 0 aliphatic rings. The Kier molecular flexibility index (Phi) is 4.74. The van der Waals surface area contributed by atoms with Crippen molar-refractivity contribution in [2.24, 2.45) is 7.05 Å². The Hall–Kier alpha value is -4.08. The van der Waals surface area contributed by atoms with E-state index in [0.717, 1.165) is 6.07 Å². The number of anilines is 2. The first kappa shape index (κ1) is 19.2. The zero-order chi connectivity index (χ0) is 21.4. The van der Waals surface area contributed by atoms with E-state index < -0.39 is 29.0 Å². The van der Waals surface area contributed by atoms with Gasteiger partial charge in [-0.1, -0.05) is 0 Å². The van der Waals surface area contributed by atoms with Gasteiger partial charge in [-0.15, -0.1) is 0 Å². The summed E-state index contributed by atoms with van der Waals surface area (Å²) < 4.78 is 31.6. The van der Waals surface area contributed by atoms with Crippen LogP contribution < -0.4 is 10.6 Å². The number of imidazole rings is 1. The van der Waals surface area contributed by atoms with E-state index in [-0.39, 0.29) is 11.3 Å². The Morgan fingerprint density at radius 2 is 1.80 bits per heavy atom. The lowest BCUT2D eigenvalue weighted by atomic mass is 10.1. The Balaban J connectivity index is 1.59. The van der Waals surface area contributed by atoms with E-state index in [1.807, 2.05) is 0 Å². The van der Waals surface area contributed by atoms with Crippen molar-refractivity contribution in [2.45, 2.75) is 6.92 Å². The zero-order valence-corrected chi connectivity index (χ0v) is 16.0. The number of halogens is 2. The lowest BCUT2D eigenvalue weighted by molar-refractivity contribution is 0.101. The summed E-state index contributed by atoms with van der Waals surface area (Å²) >= 11 is 0. The zero-order valence-electron chi connectivity index (χ0n) is 16.0. The number of aromatic nitrogens is 4. The summed E-state index contributed by atoms with van der Waals surface area (Å²) in [7, 11) is 1.62. The van der Waals surface area contributed by atoms with Crippen molar-refractivity contribution in [2.75, 3.05) is 10.6 Å². The highest BCUT2D eigenvalue weighted by Crippen LogP contribution is 2.22. The third kappa shape index (κ3) is 3.62. The van der Waals surface area contributed by atoms with E-state index in [2.05, 4.69) is 20.7 Å². The molecule has 0 aliphatic carbocycles. The third-order valence-electron chi connectivity index (χ3n) is 4.45. The summed E-state index contributed by atoms with van der Waals surface area (Å²) in [6, 6.07) is 6.17. The van der Waals surface area contributed by atoms with Gasteiger partial charge < -0.3 is 15.0 Å². The molecule has 2 N–H and O–H groups in total. The van der Waals surface area contributed by atoms with Gasteiger partial charge in [-0.2, -0.15) is 5.10 Å². The van der Waals surface area contributed by atoms with Crippen LogP contribution >= 0.6 is 0 Å². The molecular formula is C20H16F2N6O2. The minimum absolute atomic E-state index is 0.230. The maximum Gasteiger partial charge on any atom is 0.259 e. The van der Waals surface area contributed by atoms with Gasteiger partial charge in [-0.05, 0) is 25.1 Å². The van der Waals surface area contributed by atoms with Crippen LogP contribution in [-0.4, -0.2) is 31.0 Å². The van der Waals surface area contributed by atoms with Crippen LogP contribution in [-0.2, 0) is 7.05 Å². The van der Waals surface area contributed by atoms with Crippen molar-refractivity contribution in [1.29, 1.82) is 0 Å². The van der Waals surface area contributed by atoms with Gasteiger partial charge in [0.05, 0.1) is 16.9 Å². The van der Waals surface area contributed by atoms with E-state index in [4.69, 9.17) is 0 Å². The highest BCUT2D eigenvalue weighted by Gasteiger charge is 2.19. The normalized spacial score (nSPS) is 10.9. The van der Waals surface area contributed by atoms with Crippen LogP contribution in [0, 0.1) is 18.6 Å². The van der Waals surface area contributed by atoms with Gasteiger partial charge in [-0.3, -0.25) is 14.3 Å². The fourth-order valence-corrected chi connectivity index (χ4v) is 2.98. The van der Waals surface area contributed by atoms with Crippen LogP contribution in [0.4, 0.5) is 20.3 Å². The number of nitrogens with one attached hydrogen (secondary N) is 2. The molecule has 30 heavy (non-hydrogen) atoms. The molecule has 152 valence electrons. The molecule has 0 bridgehead atoms. The van der Waals surface area contributed by atoms with Crippen LogP contribution in [0.1, 0.15) is 26.4 Å². The van der Waals surface area contributed by atoms with Gasteiger partial charge in [0.25, 0.3) is 11.8 Å². The average molecular weight is 410 g/mol. The van der Waals surface area contributed by atoms with Crippen molar-refractivity contribution in [3.63, 3.8) is 0 Å². The van der Waals surface area contributed by atoms with Gasteiger partial charge in [0.1, 0.15) is 23.1 Å². The summed E-state index contributed by atoms with van der Waals surface area (Å²) in [6.45, 7) is 1.74. The predicted octanol–water partition coefficient (Wildman–Crippen LogP) is 3.16. The fourth-order valence-electron chi connectivity index (χ4n) is 2.98. The van der Waals surface area contributed by atoms with Gasteiger partial charge in [0, 0.05) is 43.3 Å². The molecule has 4 rings (SSSR count). The summed E-state index contributed by atoms with van der Waals surface area (Å²) in [4.78, 5) is 29.1. The van der Waals surface area contributed by atoms with Crippen LogP contribution in [0.3, 0.4) is 0 Å². The number of aryl methyl sites for hydroxylation is 2. The molecule has 0 saturated carbocycles. The number of nitrogens with zero attached hydrogens (tertiary/aromatic N) is 4. The van der Waals surface area contributed by atoms with Gasteiger partial charge in [0.2, 0.25) is 0 Å². The number of amides is 2. The molecule has 10 heteroatoms. The molecule has 0 spiro atoms. The monoisotopic (exact) mass is 410 g/mol. The minimum Gasteiger partial charge on any atom is -0.319 e. The van der Waals surface area contributed by atoms with Crippen molar-refractivity contribution in [3.05, 3.63) is 77.4 Å². The van der Waals surface area contributed by atoms with Crippen molar-refractivity contribution >= 4 is 29.0 Å². The molecule has 8 nitrogen and oxygen atoms in total. The van der Waals surface area contributed by atoms with E-state index in [1.165, 1.54) is 16.8 Å². The van der Waals surface area contributed by atoms with Crippen LogP contribution in [0.25, 0.3) is 5.65 Å². The van der Waals surface area contributed by atoms with Gasteiger partial charge >= 0.3 is 0 Å². The fraction of sp³-hybridized carbons (Fsp3) is 0.100. The second kappa shape index (κ2) is 7.39. The smallest absolute Gasteiger partial charge is 0.259 e. The lowest BCUT2D eigenvalue weighted by Crippen LogP contribution is -2.18. The van der Waals surface area contributed by atoms with Crippen LogP contribution in [0.2, 0.25) is 0 Å². The highest BCUT2D eigenvalue weighted by molar-refractivity contribution is 6.07. The summed E-state index contributed by atoms with van der Waals surface area (Å²) in [5.74, 6) is -3.14. The third-order valence-corrected chi connectivity index (χ3v) is 4.45. The molecule has 3 aromatic heterocycles. The molecule has 1 aromatic carbocycles. The molecular weight excluding hydrogens is 394 g/mol. The topological polar surface area (TPSA) is 93.3 Å². The molecule has 0 aliphatic heterocycles. The van der Waals surface area contributed by atoms with Crippen LogP contribution in [0.15, 0.2) is 48.9 Å². The quantitative estimate of drug-likeness (QED) is 0.541. The average Bonchev–Trinajstić information content (AvgIpc) is 3.28. The van der Waals surface area contributed by atoms with Crippen molar-refractivity contribution in [3.8, 4) is 0 Å². The molecule has 3 heterocycles. The van der Waals surface area contributed by atoms with Gasteiger partial charge in [0.15, 0.2) is 0 Å². The number of fused-ring (bicyclic) bond motifs is 1. The molecule has 2 amide bonds. The maximum absolute atomic E-state index is 14.3. The number of rotatable bonds is 4. The Morgan fingerprint density at radius 3 is 2.53 bits per heavy atom. The van der Waals surface area contributed by atoms with E-state index in [1.54, 1.807) is 43.0 Å². The number of carbonyl (C=O) groups excluding carboxylic acids is 2. The number of benzene rings is 1. The van der Waals surface area contributed by atoms with E-state index >= 15 is 0 Å². The Labute approximate surface area is 169 Å². The molecule has 0 atom stereocenters. The first-order valence-electron chi connectivity index (χ1n) is 8.87. The minimum atomic E-state index is -1.05. The van der Waals surface area contributed by atoms with Crippen molar-refractivity contribution in [1.82, 2.24) is 19.2 Å². The lowest BCUT2D eigenvalue weighted by Gasteiger charge is -2.11. The molecule has 0 saturated heterocycles.